The van der Waals surface area contributed by atoms with Gasteiger partial charge in [0.1, 0.15) is 11.5 Å². The molecule has 1 saturated heterocycles. The van der Waals surface area contributed by atoms with Crippen LogP contribution in [0.4, 0.5) is 0 Å². The van der Waals surface area contributed by atoms with Crippen LogP contribution in [0.3, 0.4) is 0 Å². The first kappa shape index (κ1) is 17.7. The van der Waals surface area contributed by atoms with E-state index in [0.717, 1.165) is 31.1 Å². The number of fused-ring (bicyclic) bond motifs is 2. The van der Waals surface area contributed by atoms with Crippen LogP contribution in [0.5, 0.6) is 11.5 Å². The van der Waals surface area contributed by atoms with Gasteiger partial charge in [-0.15, -0.1) is 11.6 Å². The van der Waals surface area contributed by atoms with Gasteiger partial charge in [-0.2, -0.15) is 0 Å². The van der Waals surface area contributed by atoms with Gasteiger partial charge in [-0.3, -0.25) is 4.90 Å². The average Bonchev–Trinajstić information content (AvgIpc) is 2.85. The zero-order valence-electron chi connectivity index (χ0n) is 15.5. The van der Waals surface area contributed by atoms with E-state index in [9.17, 15) is 0 Å². The van der Waals surface area contributed by atoms with Crippen molar-refractivity contribution in [1.82, 2.24) is 4.90 Å². The van der Waals surface area contributed by atoms with Crippen LogP contribution in [0.1, 0.15) is 24.0 Å². The van der Waals surface area contributed by atoms with Gasteiger partial charge in [0, 0.05) is 19.6 Å². The number of rotatable bonds is 5. The van der Waals surface area contributed by atoms with Crippen molar-refractivity contribution in [2.45, 2.75) is 24.3 Å². The molecule has 3 nitrogen and oxygen atoms in total. The van der Waals surface area contributed by atoms with E-state index in [2.05, 4.69) is 35.2 Å². The van der Waals surface area contributed by atoms with Gasteiger partial charge >= 0.3 is 0 Å². The lowest BCUT2D eigenvalue weighted by atomic mass is 9.78. The molecular weight excluding hydrogens is 346 g/mol. The highest BCUT2D eigenvalue weighted by Gasteiger charge is 2.53. The zero-order valence-corrected chi connectivity index (χ0v) is 16.2. The van der Waals surface area contributed by atoms with Crippen molar-refractivity contribution in [2.75, 3.05) is 27.3 Å². The van der Waals surface area contributed by atoms with Crippen LogP contribution in [-0.4, -0.2) is 32.2 Å². The monoisotopic (exact) mass is 371 g/mol. The van der Waals surface area contributed by atoms with Crippen molar-refractivity contribution in [2.24, 2.45) is 11.8 Å². The average molecular weight is 372 g/mol. The Kier molecular flexibility index (Phi) is 4.85. The molecule has 0 N–H and O–H groups in total. The molecule has 1 aliphatic carbocycles. The second-order valence-electron chi connectivity index (χ2n) is 7.51. The highest BCUT2D eigenvalue weighted by molar-refractivity contribution is 6.24. The third-order valence-corrected chi connectivity index (χ3v) is 6.92. The third kappa shape index (κ3) is 3.08. The standard InChI is InChI=1S/C22H26ClNO2/c1-25-20-10-6-16(7-11-20)13-24-14-18-8-9-19(15-24)22(18,23)17-4-3-5-21(12-17)26-2/h3-7,10-12,18-19H,8-9,13-15H2,1-2H3. The highest BCUT2D eigenvalue weighted by Crippen LogP contribution is 2.56. The van der Waals surface area contributed by atoms with Gasteiger partial charge in [-0.05, 0) is 60.1 Å². The molecule has 26 heavy (non-hydrogen) atoms. The molecule has 1 aliphatic heterocycles. The summed E-state index contributed by atoms with van der Waals surface area (Å²) in [6.07, 6.45) is 2.40. The number of likely N-dealkylation sites (tertiary alicyclic amines) is 1. The van der Waals surface area contributed by atoms with Gasteiger partial charge in [-0.25, -0.2) is 0 Å². The lowest BCUT2D eigenvalue weighted by Crippen LogP contribution is -2.48. The van der Waals surface area contributed by atoms with Crippen molar-refractivity contribution in [3.8, 4) is 11.5 Å². The van der Waals surface area contributed by atoms with Crippen molar-refractivity contribution in [3.63, 3.8) is 0 Å². The Balaban J connectivity index is 1.51. The van der Waals surface area contributed by atoms with Crippen LogP contribution in [0.15, 0.2) is 48.5 Å². The van der Waals surface area contributed by atoms with Crippen molar-refractivity contribution in [1.29, 1.82) is 0 Å². The van der Waals surface area contributed by atoms with Gasteiger partial charge in [0.15, 0.2) is 0 Å². The fourth-order valence-electron chi connectivity index (χ4n) is 4.75. The summed E-state index contributed by atoms with van der Waals surface area (Å²) in [6, 6.07) is 16.7. The summed E-state index contributed by atoms with van der Waals surface area (Å²) < 4.78 is 10.7. The Labute approximate surface area is 160 Å². The molecule has 2 bridgehead atoms. The largest absolute Gasteiger partial charge is 0.497 e. The summed E-state index contributed by atoms with van der Waals surface area (Å²) in [6.45, 7) is 3.06. The normalized spacial score (nSPS) is 28.1. The summed E-state index contributed by atoms with van der Waals surface area (Å²) in [5.41, 5.74) is 2.55. The lowest BCUT2D eigenvalue weighted by Gasteiger charge is -2.44. The lowest BCUT2D eigenvalue weighted by molar-refractivity contribution is 0.119. The number of piperidine rings is 1. The second kappa shape index (κ2) is 7.13. The number of alkyl halides is 1. The van der Waals surface area contributed by atoms with Crippen LogP contribution < -0.4 is 9.47 Å². The SMILES string of the molecule is COc1ccc(CN2CC3CCC(C2)C3(Cl)c2cccc(OC)c2)cc1. The second-order valence-corrected chi connectivity index (χ2v) is 8.14. The van der Waals surface area contributed by atoms with Crippen LogP contribution in [-0.2, 0) is 11.4 Å². The third-order valence-electron chi connectivity index (χ3n) is 6.09. The Morgan fingerprint density at radius 3 is 2.23 bits per heavy atom. The molecule has 2 aromatic carbocycles. The van der Waals surface area contributed by atoms with E-state index in [4.69, 9.17) is 21.1 Å². The number of benzene rings is 2. The minimum atomic E-state index is -0.259. The highest BCUT2D eigenvalue weighted by atomic mass is 35.5. The number of halogens is 1. The molecule has 1 saturated carbocycles. The summed E-state index contributed by atoms with van der Waals surface area (Å²) in [5, 5.41) is 0. The van der Waals surface area contributed by atoms with Gasteiger partial charge in [0.2, 0.25) is 0 Å². The zero-order chi connectivity index (χ0) is 18.1. The van der Waals surface area contributed by atoms with Crippen molar-refractivity contribution >= 4 is 11.6 Å². The summed E-state index contributed by atoms with van der Waals surface area (Å²) in [4.78, 5) is 2.30. The fourth-order valence-corrected chi connectivity index (χ4v) is 5.23. The molecule has 2 aromatic rings. The topological polar surface area (TPSA) is 21.7 Å². The summed E-state index contributed by atoms with van der Waals surface area (Å²) >= 11 is 7.30. The van der Waals surface area contributed by atoms with E-state index in [-0.39, 0.29) is 4.87 Å². The van der Waals surface area contributed by atoms with Gasteiger partial charge in [0.05, 0.1) is 19.1 Å². The maximum Gasteiger partial charge on any atom is 0.119 e. The summed E-state index contributed by atoms with van der Waals surface area (Å²) in [7, 11) is 3.42. The Bertz CT molecular complexity index is 747. The minimum Gasteiger partial charge on any atom is -0.497 e. The molecule has 138 valence electrons. The van der Waals surface area contributed by atoms with Crippen LogP contribution in [0, 0.1) is 11.8 Å². The number of nitrogens with zero attached hydrogens (tertiary/aromatic N) is 1. The fraction of sp³-hybridized carbons (Fsp3) is 0.455. The molecule has 2 atom stereocenters. The van der Waals surface area contributed by atoms with E-state index >= 15 is 0 Å². The summed E-state index contributed by atoms with van der Waals surface area (Å²) in [5.74, 6) is 2.76. The molecule has 4 heteroatoms. The molecule has 0 amide bonds. The molecule has 1 heterocycles. The van der Waals surface area contributed by atoms with Gasteiger partial charge in [0.25, 0.3) is 0 Å². The first-order valence-electron chi connectivity index (χ1n) is 9.32. The Morgan fingerprint density at radius 2 is 1.62 bits per heavy atom. The molecule has 0 radical (unpaired) electrons. The predicted octanol–water partition coefficient (Wildman–Crippen LogP) is 4.68. The van der Waals surface area contributed by atoms with E-state index in [1.165, 1.54) is 24.0 Å². The molecule has 4 rings (SSSR count). The number of hydrogen-bond acceptors (Lipinski definition) is 3. The molecule has 2 fully saturated rings. The van der Waals surface area contributed by atoms with E-state index in [0.29, 0.717) is 11.8 Å². The minimum absolute atomic E-state index is 0.259. The maximum atomic E-state index is 7.30. The van der Waals surface area contributed by atoms with Crippen LogP contribution >= 0.6 is 11.6 Å². The first-order chi connectivity index (χ1) is 12.6. The smallest absolute Gasteiger partial charge is 0.119 e. The van der Waals surface area contributed by atoms with Gasteiger partial charge < -0.3 is 9.47 Å². The van der Waals surface area contributed by atoms with Crippen LogP contribution in [0.25, 0.3) is 0 Å². The van der Waals surface area contributed by atoms with E-state index in [1.807, 2.05) is 18.2 Å². The Hall–Kier alpha value is -1.71. The quantitative estimate of drug-likeness (QED) is 0.712. The van der Waals surface area contributed by atoms with Crippen LogP contribution in [0.2, 0.25) is 0 Å². The predicted molar refractivity (Wildman–Crippen MR) is 105 cm³/mol. The number of methoxy groups -OCH3 is 2. The van der Waals surface area contributed by atoms with E-state index < -0.39 is 0 Å². The Morgan fingerprint density at radius 1 is 0.962 bits per heavy atom. The van der Waals surface area contributed by atoms with E-state index in [1.54, 1.807) is 14.2 Å². The van der Waals surface area contributed by atoms with Gasteiger partial charge in [-0.1, -0.05) is 24.3 Å². The number of ether oxygens (including phenoxy) is 2. The molecule has 2 unspecified atom stereocenters. The molecule has 2 aliphatic rings. The van der Waals surface area contributed by atoms with Crippen molar-refractivity contribution in [3.05, 3.63) is 59.7 Å². The first-order valence-corrected chi connectivity index (χ1v) is 9.70. The maximum absolute atomic E-state index is 7.30. The molecular formula is C22H26ClNO2. The number of hydrogen-bond donors (Lipinski definition) is 0. The van der Waals surface area contributed by atoms with Crippen molar-refractivity contribution < 1.29 is 9.47 Å². The molecule has 0 spiro atoms. The molecule has 0 aromatic heterocycles.